The van der Waals surface area contributed by atoms with E-state index in [0.717, 1.165) is 12.8 Å². The van der Waals surface area contributed by atoms with Gasteiger partial charge in [-0.15, -0.1) is 0 Å². The third-order valence-corrected chi connectivity index (χ3v) is 1.68. The molecule has 0 rings (SSSR count). The molecule has 0 aromatic rings. The number of esters is 1. The zero-order valence-corrected chi connectivity index (χ0v) is 9.53. The van der Waals surface area contributed by atoms with Crippen LogP contribution in [0.25, 0.3) is 0 Å². The minimum atomic E-state index is -0.399. The fraction of sp³-hybridized carbons (Fsp3) is 0.636. The summed E-state index contributed by atoms with van der Waals surface area (Å²) >= 11 is 0. The second-order valence-corrected chi connectivity index (χ2v) is 3.21. The summed E-state index contributed by atoms with van der Waals surface area (Å²) in [5.41, 5.74) is 0.381. The highest BCUT2D eigenvalue weighted by Crippen LogP contribution is 1.93. The average Bonchev–Trinajstić information content (AvgIpc) is 2.26. The van der Waals surface area contributed by atoms with Crippen molar-refractivity contribution in [2.45, 2.75) is 19.8 Å². The van der Waals surface area contributed by atoms with Crippen LogP contribution in [-0.2, 0) is 19.1 Å². The van der Waals surface area contributed by atoms with Crippen LogP contribution in [0.5, 0.6) is 0 Å². The molecule has 0 aliphatic heterocycles. The van der Waals surface area contributed by atoms with E-state index in [0.29, 0.717) is 25.3 Å². The molecule has 0 amide bonds. The fourth-order valence-corrected chi connectivity index (χ4v) is 0.859. The molecule has 0 saturated carbocycles. The Morgan fingerprint density at radius 3 is 2.69 bits per heavy atom. The Bertz CT molecular complexity index is 269. The van der Waals surface area contributed by atoms with Gasteiger partial charge in [0.05, 0.1) is 13.2 Å². The van der Waals surface area contributed by atoms with Gasteiger partial charge in [0.2, 0.25) is 6.08 Å². The lowest BCUT2D eigenvalue weighted by Gasteiger charge is -2.05. The van der Waals surface area contributed by atoms with Crippen molar-refractivity contribution in [1.82, 2.24) is 0 Å². The molecule has 0 saturated heterocycles. The Morgan fingerprint density at radius 1 is 1.31 bits per heavy atom. The number of ether oxygens (including phenoxy) is 2. The number of carbonyl (C=O) groups excluding carboxylic acids is 2. The van der Waals surface area contributed by atoms with Crippen molar-refractivity contribution in [3.8, 4) is 0 Å². The molecule has 0 fully saturated rings. The van der Waals surface area contributed by atoms with Gasteiger partial charge in [0.1, 0.15) is 6.61 Å². The first kappa shape index (κ1) is 14.6. The van der Waals surface area contributed by atoms with Crippen LogP contribution in [0.15, 0.2) is 17.1 Å². The van der Waals surface area contributed by atoms with Gasteiger partial charge in [0.25, 0.3) is 0 Å². The number of unbranched alkanes of at least 4 members (excludes halogenated alkanes) is 1. The minimum absolute atomic E-state index is 0.234. The van der Waals surface area contributed by atoms with Gasteiger partial charge < -0.3 is 9.47 Å². The first-order valence-electron chi connectivity index (χ1n) is 5.12. The van der Waals surface area contributed by atoms with Gasteiger partial charge in [-0.3, -0.25) is 0 Å². The maximum Gasteiger partial charge on any atom is 0.333 e. The average molecular weight is 227 g/mol. The third-order valence-electron chi connectivity index (χ3n) is 1.68. The maximum atomic E-state index is 10.9. The van der Waals surface area contributed by atoms with Crippen LogP contribution in [0.1, 0.15) is 19.8 Å². The Balaban J connectivity index is 3.18. The summed E-state index contributed by atoms with van der Waals surface area (Å²) in [6, 6.07) is 0. The quantitative estimate of drug-likeness (QED) is 0.195. The summed E-state index contributed by atoms with van der Waals surface area (Å²) in [5.74, 6) is -0.399. The smallest absolute Gasteiger partial charge is 0.333 e. The molecule has 0 heterocycles. The standard InChI is InChI=1S/C11H17NO4/c1-10(2)11(14)16-8-7-15-6-4-3-5-12-9-13/h1,3-8H2,2H3. The molecular formula is C11H17NO4. The molecule has 0 unspecified atom stereocenters. The van der Waals surface area contributed by atoms with E-state index in [2.05, 4.69) is 11.6 Å². The number of nitrogens with zero attached hydrogens (tertiary/aromatic N) is 1. The molecule has 0 bridgehead atoms. The van der Waals surface area contributed by atoms with E-state index in [1.54, 1.807) is 6.92 Å². The minimum Gasteiger partial charge on any atom is -0.460 e. The van der Waals surface area contributed by atoms with Gasteiger partial charge in [-0.05, 0) is 19.8 Å². The zero-order chi connectivity index (χ0) is 12.2. The Hall–Kier alpha value is -1.45. The van der Waals surface area contributed by atoms with E-state index in [1.165, 1.54) is 6.08 Å². The van der Waals surface area contributed by atoms with Gasteiger partial charge in [-0.25, -0.2) is 14.6 Å². The van der Waals surface area contributed by atoms with E-state index in [9.17, 15) is 9.59 Å². The summed E-state index contributed by atoms with van der Waals surface area (Å²) in [4.78, 5) is 24.1. The van der Waals surface area contributed by atoms with Crippen molar-refractivity contribution < 1.29 is 19.1 Å². The summed E-state index contributed by atoms with van der Waals surface area (Å²) < 4.78 is 10.0. The molecule has 0 N–H and O–H groups in total. The van der Waals surface area contributed by atoms with E-state index in [-0.39, 0.29) is 6.61 Å². The first-order valence-corrected chi connectivity index (χ1v) is 5.12. The number of rotatable bonds is 9. The van der Waals surface area contributed by atoms with Crippen molar-refractivity contribution >= 4 is 12.0 Å². The lowest BCUT2D eigenvalue weighted by atomic mass is 10.3. The molecule has 5 nitrogen and oxygen atoms in total. The SMILES string of the molecule is C=C(C)C(=O)OCCOCCCCN=C=O. The van der Waals surface area contributed by atoms with Gasteiger partial charge in [-0.1, -0.05) is 6.58 Å². The predicted molar refractivity (Wildman–Crippen MR) is 58.8 cm³/mol. The van der Waals surface area contributed by atoms with Gasteiger partial charge >= 0.3 is 5.97 Å². The van der Waals surface area contributed by atoms with Crippen LogP contribution < -0.4 is 0 Å². The Labute approximate surface area is 95.1 Å². The predicted octanol–water partition coefficient (Wildman–Crippen LogP) is 1.24. The normalized spacial score (nSPS) is 9.31. The van der Waals surface area contributed by atoms with Crippen molar-refractivity contribution in [3.05, 3.63) is 12.2 Å². The van der Waals surface area contributed by atoms with Crippen molar-refractivity contribution in [3.63, 3.8) is 0 Å². The van der Waals surface area contributed by atoms with E-state index >= 15 is 0 Å². The molecule has 90 valence electrons. The topological polar surface area (TPSA) is 65.0 Å². The van der Waals surface area contributed by atoms with Gasteiger partial charge in [0, 0.05) is 12.2 Å². The summed E-state index contributed by atoms with van der Waals surface area (Å²) in [5, 5.41) is 0. The number of hydrogen-bond acceptors (Lipinski definition) is 5. The molecule has 0 aromatic carbocycles. The monoisotopic (exact) mass is 227 g/mol. The number of isocyanates is 1. The molecule has 16 heavy (non-hydrogen) atoms. The number of aliphatic imine (C=N–C) groups is 1. The van der Waals surface area contributed by atoms with Crippen LogP contribution in [0.3, 0.4) is 0 Å². The Kier molecular flexibility index (Phi) is 9.17. The zero-order valence-electron chi connectivity index (χ0n) is 9.53. The van der Waals surface area contributed by atoms with Crippen LogP contribution >= 0.6 is 0 Å². The second kappa shape index (κ2) is 10.1. The van der Waals surface area contributed by atoms with E-state index in [4.69, 9.17) is 9.47 Å². The van der Waals surface area contributed by atoms with Gasteiger partial charge in [0.15, 0.2) is 0 Å². The fourth-order valence-electron chi connectivity index (χ4n) is 0.859. The Morgan fingerprint density at radius 2 is 2.06 bits per heavy atom. The first-order chi connectivity index (χ1) is 7.68. The molecule has 0 radical (unpaired) electrons. The largest absolute Gasteiger partial charge is 0.460 e. The van der Waals surface area contributed by atoms with E-state index in [1.807, 2.05) is 0 Å². The molecule has 0 spiro atoms. The molecule has 0 aliphatic carbocycles. The maximum absolute atomic E-state index is 10.9. The summed E-state index contributed by atoms with van der Waals surface area (Å²) in [6.45, 7) is 6.71. The van der Waals surface area contributed by atoms with Crippen LogP contribution in [0, 0.1) is 0 Å². The number of carbonyl (C=O) groups is 1. The van der Waals surface area contributed by atoms with Gasteiger partial charge in [-0.2, -0.15) is 0 Å². The van der Waals surface area contributed by atoms with Crippen molar-refractivity contribution in [2.75, 3.05) is 26.4 Å². The second-order valence-electron chi connectivity index (χ2n) is 3.21. The van der Waals surface area contributed by atoms with Crippen molar-refractivity contribution in [2.24, 2.45) is 4.99 Å². The molecule has 5 heteroatoms. The van der Waals surface area contributed by atoms with E-state index < -0.39 is 5.97 Å². The molecule has 0 aromatic heterocycles. The highest BCUT2D eigenvalue weighted by molar-refractivity contribution is 5.86. The number of hydrogen-bond donors (Lipinski definition) is 0. The van der Waals surface area contributed by atoms with Crippen LogP contribution in [-0.4, -0.2) is 38.4 Å². The molecular weight excluding hydrogens is 210 g/mol. The lowest BCUT2D eigenvalue weighted by Crippen LogP contribution is -2.11. The molecule has 0 aliphatic rings. The van der Waals surface area contributed by atoms with Crippen molar-refractivity contribution in [1.29, 1.82) is 0 Å². The van der Waals surface area contributed by atoms with Crippen LogP contribution in [0.2, 0.25) is 0 Å². The summed E-state index contributed by atoms with van der Waals surface area (Å²) in [7, 11) is 0. The third kappa shape index (κ3) is 9.12. The van der Waals surface area contributed by atoms with Crippen LogP contribution in [0.4, 0.5) is 0 Å². The highest BCUT2D eigenvalue weighted by Gasteiger charge is 2.01. The highest BCUT2D eigenvalue weighted by atomic mass is 16.6. The molecule has 0 atom stereocenters. The lowest BCUT2D eigenvalue weighted by molar-refractivity contribution is -0.140. The summed E-state index contributed by atoms with van der Waals surface area (Å²) in [6.07, 6.45) is 3.08.